The third kappa shape index (κ3) is 2.82. The molecule has 0 amide bonds. The molecule has 0 spiro atoms. The van der Waals surface area contributed by atoms with Crippen LogP contribution >= 0.6 is 0 Å². The number of nitrogens with zero attached hydrogens (tertiary/aromatic N) is 3. The van der Waals surface area contributed by atoms with Gasteiger partial charge in [-0.3, -0.25) is 0 Å². The Morgan fingerprint density at radius 3 is 2.65 bits per heavy atom. The molecule has 108 valence electrons. The minimum absolute atomic E-state index is 0.304. The zero-order valence-corrected chi connectivity index (χ0v) is 12.4. The van der Waals surface area contributed by atoms with Gasteiger partial charge in [-0.05, 0) is 32.3 Å². The standard InChI is InChI=1S/C15H21N3O2/c1-10(2)14-16-12-6-5-11(15(19)20)9-13(12)18(14)8-7-17(3)4/h5-6,9-10H,7-8H2,1-4H3,(H,19,20). The molecule has 0 atom stereocenters. The fraction of sp³-hybridized carbons (Fsp3) is 0.467. The number of carbonyl (C=O) groups is 1. The van der Waals surface area contributed by atoms with Crippen molar-refractivity contribution in [1.29, 1.82) is 0 Å². The summed E-state index contributed by atoms with van der Waals surface area (Å²) in [6.07, 6.45) is 0. The number of fused-ring (bicyclic) bond motifs is 1. The van der Waals surface area contributed by atoms with Gasteiger partial charge in [-0.25, -0.2) is 9.78 Å². The predicted octanol–water partition coefficient (Wildman–Crippen LogP) is 2.42. The van der Waals surface area contributed by atoms with Gasteiger partial charge in [-0.1, -0.05) is 13.8 Å². The van der Waals surface area contributed by atoms with Gasteiger partial charge in [-0.2, -0.15) is 0 Å². The van der Waals surface area contributed by atoms with Crippen molar-refractivity contribution in [2.24, 2.45) is 0 Å². The second-order valence-corrected chi connectivity index (χ2v) is 5.59. The topological polar surface area (TPSA) is 58.4 Å². The summed E-state index contributed by atoms with van der Waals surface area (Å²) in [5.74, 6) is 0.403. The van der Waals surface area contributed by atoms with Gasteiger partial charge in [0.1, 0.15) is 5.82 Å². The fourth-order valence-corrected chi connectivity index (χ4v) is 2.25. The van der Waals surface area contributed by atoms with Crippen LogP contribution in [0.2, 0.25) is 0 Å². The summed E-state index contributed by atoms with van der Waals surface area (Å²) in [6.45, 7) is 5.90. The summed E-state index contributed by atoms with van der Waals surface area (Å²) in [4.78, 5) is 17.9. The first-order chi connectivity index (χ1) is 9.40. The third-order valence-electron chi connectivity index (χ3n) is 3.31. The second-order valence-electron chi connectivity index (χ2n) is 5.59. The van der Waals surface area contributed by atoms with Crippen molar-refractivity contribution >= 4 is 17.0 Å². The Morgan fingerprint density at radius 2 is 2.10 bits per heavy atom. The van der Waals surface area contributed by atoms with E-state index in [0.717, 1.165) is 29.9 Å². The maximum atomic E-state index is 11.1. The van der Waals surface area contributed by atoms with Gasteiger partial charge in [0, 0.05) is 19.0 Å². The number of likely N-dealkylation sites (N-methyl/N-ethyl adjacent to an activating group) is 1. The average Bonchev–Trinajstić information content (AvgIpc) is 2.73. The first-order valence-electron chi connectivity index (χ1n) is 6.78. The summed E-state index contributed by atoms with van der Waals surface area (Å²) >= 11 is 0. The molecule has 0 saturated heterocycles. The summed E-state index contributed by atoms with van der Waals surface area (Å²) in [5, 5.41) is 9.13. The lowest BCUT2D eigenvalue weighted by atomic mass is 10.2. The molecular weight excluding hydrogens is 254 g/mol. The van der Waals surface area contributed by atoms with Crippen LogP contribution in [0.5, 0.6) is 0 Å². The Kier molecular flexibility index (Phi) is 4.09. The fourth-order valence-electron chi connectivity index (χ4n) is 2.25. The van der Waals surface area contributed by atoms with Crippen molar-refractivity contribution in [3.63, 3.8) is 0 Å². The van der Waals surface area contributed by atoms with Gasteiger partial charge in [0.25, 0.3) is 0 Å². The zero-order chi connectivity index (χ0) is 14.9. The van der Waals surface area contributed by atoms with Crippen LogP contribution in [-0.2, 0) is 6.54 Å². The number of rotatable bonds is 5. The highest BCUT2D eigenvalue weighted by Gasteiger charge is 2.15. The van der Waals surface area contributed by atoms with E-state index in [2.05, 4.69) is 28.3 Å². The lowest BCUT2D eigenvalue weighted by Gasteiger charge is -2.15. The number of hydrogen-bond acceptors (Lipinski definition) is 3. The van der Waals surface area contributed by atoms with E-state index in [0.29, 0.717) is 11.5 Å². The smallest absolute Gasteiger partial charge is 0.335 e. The van der Waals surface area contributed by atoms with Gasteiger partial charge in [0.15, 0.2) is 0 Å². The van der Waals surface area contributed by atoms with Crippen LogP contribution in [-0.4, -0.2) is 46.2 Å². The van der Waals surface area contributed by atoms with E-state index in [1.165, 1.54) is 0 Å². The number of aromatic nitrogens is 2. The van der Waals surface area contributed by atoms with E-state index in [1.54, 1.807) is 18.2 Å². The van der Waals surface area contributed by atoms with Gasteiger partial charge in [-0.15, -0.1) is 0 Å². The highest BCUT2D eigenvalue weighted by atomic mass is 16.4. The van der Waals surface area contributed by atoms with E-state index in [1.807, 2.05) is 14.1 Å². The monoisotopic (exact) mass is 275 g/mol. The van der Waals surface area contributed by atoms with E-state index in [-0.39, 0.29) is 0 Å². The SMILES string of the molecule is CC(C)c1nc2ccc(C(=O)O)cc2n1CCN(C)C. The van der Waals surface area contributed by atoms with Crippen LogP contribution in [0.25, 0.3) is 11.0 Å². The number of hydrogen-bond donors (Lipinski definition) is 1. The molecule has 20 heavy (non-hydrogen) atoms. The summed E-state index contributed by atoms with van der Waals surface area (Å²) in [7, 11) is 4.05. The van der Waals surface area contributed by atoms with Crippen LogP contribution in [0.3, 0.4) is 0 Å². The molecule has 0 aliphatic carbocycles. The number of carboxylic acids is 1. The van der Waals surface area contributed by atoms with Crippen molar-refractivity contribution in [2.75, 3.05) is 20.6 Å². The Labute approximate surface area is 118 Å². The van der Waals surface area contributed by atoms with E-state index in [4.69, 9.17) is 5.11 Å². The number of imidazole rings is 1. The third-order valence-corrected chi connectivity index (χ3v) is 3.31. The van der Waals surface area contributed by atoms with Crippen LogP contribution in [0, 0.1) is 0 Å². The van der Waals surface area contributed by atoms with Gasteiger partial charge in [0.2, 0.25) is 0 Å². The van der Waals surface area contributed by atoms with E-state index in [9.17, 15) is 4.79 Å². The lowest BCUT2D eigenvalue weighted by molar-refractivity contribution is 0.0697. The van der Waals surface area contributed by atoms with Crippen molar-refractivity contribution in [1.82, 2.24) is 14.5 Å². The Hall–Kier alpha value is -1.88. The van der Waals surface area contributed by atoms with Crippen molar-refractivity contribution in [3.05, 3.63) is 29.6 Å². The largest absolute Gasteiger partial charge is 0.478 e. The van der Waals surface area contributed by atoms with E-state index >= 15 is 0 Å². The maximum Gasteiger partial charge on any atom is 0.335 e. The van der Waals surface area contributed by atoms with Gasteiger partial charge in [0.05, 0.1) is 16.6 Å². The molecule has 5 nitrogen and oxygen atoms in total. The predicted molar refractivity (Wildman–Crippen MR) is 79.3 cm³/mol. The minimum atomic E-state index is -0.904. The molecule has 0 saturated carbocycles. The highest BCUT2D eigenvalue weighted by molar-refractivity contribution is 5.92. The second kappa shape index (κ2) is 5.63. The number of aromatic carboxylic acids is 1. The molecule has 5 heteroatoms. The van der Waals surface area contributed by atoms with Crippen LogP contribution in [0.4, 0.5) is 0 Å². The molecule has 2 rings (SSSR count). The highest BCUT2D eigenvalue weighted by Crippen LogP contribution is 2.23. The number of benzene rings is 1. The molecule has 0 fully saturated rings. The Balaban J connectivity index is 2.55. The van der Waals surface area contributed by atoms with Crippen LogP contribution in [0.1, 0.15) is 35.9 Å². The first-order valence-corrected chi connectivity index (χ1v) is 6.78. The quantitative estimate of drug-likeness (QED) is 0.910. The van der Waals surface area contributed by atoms with Crippen LogP contribution < -0.4 is 0 Å². The van der Waals surface area contributed by atoms with Gasteiger partial charge >= 0.3 is 5.97 Å². The van der Waals surface area contributed by atoms with Crippen molar-refractivity contribution in [3.8, 4) is 0 Å². The molecule has 2 aromatic rings. The summed E-state index contributed by atoms with van der Waals surface area (Å²) in [6, 6.07) is 5.11. The summed E-state index contributed by atoms with van der Waals surface area (Å²) in [5.41, 5.74) is 2.06. The molecule has 0 aliphatic rings. The zero-order valence-electron chi connectivity index (χ0n) is 12.4. The average molecular weight is 275 g/mol. The minimum Gasteiger partial charge on any atom is -0.478 e. The molecule has 0 bridgehead atoms. The normalized spacial score (nSPS) is 11.7. The number of carboxylic acid groups (broad SMARTS) is 1. The Bertz CT molecular complexity index is 629. The first kappa shape index (κ1) is 14.5. The molecule has 0 radical (unpaired) electrons. The van der Waals surface area contributed by atoms with E-state index < -0.39 is 5.97 Å². The molecular formula is C15H21N3O2. The van der Waals surface area contributed by atoms with Crippen LogP contribution in [0.15, 0.2) is 18.2 Å². The Morgan fingerprint density at radius 1 is 1.40 bits per heavy atom. The van der Waals surface area contributed by atoms with Crippen molar-refractivity contribution in [2.45, 2.75) is 26.3 Å². The molecule has 1 heterocycles. The summed E-state index contributed by atoms with van der Waals surface area (Å²) < 4.78 is 2.13. The molecule has 0 aliphatic heterocycles. The lowest BCUT2D eigenvalue weighted by Crippen LogP contribution is -2.20. The van der Waals surface area contributed by atoms with Crippen molar-refractivity contribution < 1.29 is 9.90 Å². The molecule has 0 unspecified atom stereocenters. The molecule has 1 aromatic carbocycles. The van der Waals surface area contributed by atoms with Gasteiger partial charge < -0.3 is 14.6 Å². The molecule has 1 aromatic heterocycles. The molecule has 1 N–H and O–H groups in total. The maximum absolute atomic E-state index is 11.1.